The SMILES string of the molecule is Cn1ccc(NC(=O)C2CCC(=O)N2Cc2ccc3c(c2)OCO3)n1. The summed E-state index contributed by atoms with van der Waals surface area (Å²) in [5, 5.41) is 6.91. The molecule has 1 N–H and O–H groups in total. The standard InChI is InChI=1S/C17H18N4O4/c1-20-7-6-15(19-20)18-17(23)12-3-5-16(22)21(12)9-11-2-4-13-14(8-11)25-10-24-13/h2,4,6-8,12H,3,5,9-10H2,1H3,(H,18,19,23). The number of hydrogen-bond acceptors (Lipinski definition) is 5. The number of nitrogens with zero attached hydrogens (tertiary/aromatic N) is 3. The number of hydrogen-bond donors (Lipinski definition) is 1. The molecule has 2 amide bonds. The van der Waals surface area contributed by atoms with Crippen molar-refractivity contribution in [1.29, 1.82) is 0 Å². The number of carbonyl (C=O) groups is 2. The number of aromatic nitrogens is 2. The second-order valence-corrected chi connectivity index (χ2v) is 6.13. The van der Waals surface area contributed by atoms with Crippen LogP contribution in [0.15, 0.2) is 30.5 Å². The highest BCUT2D eigenvalue weighted by molar-refractivity contribution is 5.98. The zero-order valence-corrected chi connectivity index (χ0v) is 13.8. The number of likely N-dealkylation sites (tertiary alicyclic amines) is 1. The molecule has 1 aromatic heterocycles. The van der Waals surface area contributed by atoms with Crippen molar-refractivity contribution in [3.8, 4) is 11.5 Å². The summed E-state index contributed by atoms with van der Waals surface area (Å²) in [6, 6.07) is 6.77. The number of carbonyl (C=O) groups excluding carboxylic acids is 2. The van der Waals surface area contributed by atoms with Crippen LogP contribution in [0.25, 0.3) is 0 Å². The van der Waals surface area contributed by atoms with Crippen LogP contribution in [-0.2, 0) is 23.2 Å². The van der Waals surface area contributed by atoms with Gasteiger partial charge >= 0.3 is 0 Å². The van der Waals surface area contributed by atoms with Crippen LogP contribution in [0, 0.1) is 0 Å². The first-order valence-electron chi connectivity index (χ1n) is 8.08. The Bertz CT molecular complexity index is 832. The summed E-state index contributed by atoms with van der Waals surface area (Å²) in [6.07, 6.45) is 2.62. The van der Waals surface area contributed by atoms with Crippen LogP contribution in [0.3, 0.4) is 0 Å². The molecule has 0 spiro atoms. The molecule has 0 radical (unpaired) electrons. The molecule has 1 aromatic carbocycles. The van der Waals surface area contributed by atoms with E-state index in [1.54, 1.807) is 28.9 Å². The molecular weight excluding hydrogens is 324 g/mol. The van der Waals surface area contributed by atoms with E-state index >= 15 is 0 Å². The van der Waals surface area contributed by atoms with E-state index in [4.69, 9.17) is 9.47 Å². The fraction of sp³-hybridized carbons (Fsp3) is 0.353. The minimum atomic E-state index is -0.500. The first kappa shape index (κ1) is 15.5. The second-order valence-electron chi connectivity index (χ2n) is 6.13. The van der Waals surface area contributed by atoms with Crippen LogP contribution in [0.1, 0.15) is 18.4 Å². The van der Waals surface area contributed by atoms with E-state index in [0.717, 1.165) is 5.56 Å². The van der Waals surface area contributed by atoms with Crippen molar-refractivity contribution in [3.05, 3.63) is 36.0 Å². The van der Waals surface area contributed by atoms with Crippen LogP contribution in [-0.4, -0.2) is 39.3 Å². The van der Waals surface area contributed by atoms with Gasteiger partial charge in [0.25, 0.3) is 0 Å². The van der Waals surface area contributed by atoms with Crippen molar-refractivity contribution < 1.29 is 19.1 Å². The maximum Gasteiger partial charge on any atom is 0.248 e. The maximum absolute atomic E-state index is 12.6. The summed E-state index contributed by atoms with van der Waals surface area (Å²) in [5.74, 6) is 1.60. The average molecular weight is 342 g/mol. The fourth-order valence-corrected chi connectivity index (χ4v) is 3.13. The highest BCUT2D eigenvalue weighted by Crippen LogP contribution is 2.33. The molecule has 4 rings (SSSR count). The van der Waals surface area contributed by atoms with Gasteiger partial charge in [-0.25, -0.2) is 0 Å². The molecule has 25 heavy (non-hydrogen) atoms. The van der Waals surface area contributed by atoms with Crippen molar-refractivity contribution in [2.24, 2.45) is 7.05 Å². The number of fused-ring (bicyclic) bond motifs is 1. The van der Waals surface area contributed by atoms with E-state index in [-0.39, 0.29) is 18.6 Å². The fourth-order valence-electron chi connectivity index (χ4n) is 3.13. The van der Waals surface area contributed by atoms with Gasteiger partial charge in [0.2, 0.25) is 18.6 Å². The Kier molecular flexibility index (Phi) is 3.79. The number of rotatable bonds is 4. The highest BCUT2D eigenvalue weighted by atomic mass is 16.7. The molecule has 1 fully saturated rings. The summed E-state index contributed by atoms with van der Waals surface area (Å²) in [6.45, 7) is 0.562. The number of amides is 2. The van der Waals surface area contributed by atoms with Crippen molar-refractivity contribution in [2.75, 3.05) is 12.1 Å². The monoisotopic (exact) mass is 342 g/mol. The summed E-state index contributed by atoms with van der Waals surface area (Å²) >= 11 is 0. The molecule has 3 heterocycles. The Labute approximate surface area is 144 Å². The minimum Gasteiger partial charge on any atom is -0.454 e. The summed E-state index contributed by atoms with van der Waals surface area (Å²) in [4.78, 5) is 26.4. The lowest BCUT2D eigenvalue weighted by Gasteiger charge is -2.24. The quantitative estimate of drug-likeness (QED) is 0.905. The number of anilines is 1. The molecule has 1 saturated heterocycles. The van der Waals surface area contributed by atoms with E-state index in [9.17, 15) is 9.59 Å². The van der Waals surface area contributed by atoms with Gasteiger partial charge in [0.15, 0.2) is 17.3 Å². The van der Waals surface area contributed by atoms with Gasteiger partial charge in [-0.05, 0) is 24.1 Å². The van der Waals surface area contributed by atoms with Crippen LogP contribution >= 0.6 is 0 Å². The molecule has 2 aromatic rings. The molecule has 1 atom stereocenters. The third-order valence-corrected chi connectivity index (χ3v) is 4.39. The number of nitrogens with one attached hydrogen (secondary N) is 1. The predicted molar refractivity (Wildman–Crippen MR) is 88.0 cm³/mol. The van der Waals surface area contributed by atoms with E-state index in [0.29, 0.717) is 36.7 Å². The third-order valence-electron chi connectivity index (χ3n) is 4.39. The molecule has 2 aliphatic heterocycles. The van der Waals surface area contributed by atoms with Gasteiger partial charge in [-0.1, -0.05) is 6.07 Å². The van der Waals surface area contributed by atoms with Gasteiger partial charge in [0, 0.05) is 32.3 Å². The van der Waals surface area contributed by atoms with Gasteiger partial charge in [0.1, 0.15) is 6.04 Å². The van der Waals surface area contributed by atoms with Gasteiger partial charge in [-0.15, -0.1) is 0 Å². The Morgan fingerprint density at radius 1 is 1.32 bits per heavy atom. The van der Waals surface area contributed by atoms with E-state index < -0.39 is 6.04 Å². The van der Waals surface area contributed by atoms with Crippen LogP contribution in [0.4, 0.5) is 5.82 Å². The Hall–Kier alpha value is -3.03. The van der Waals surface area contributed by atoms with Crippen molar-refractivity contribution in [1.82, 2.24) is 14.7 Å². The molecule has 0 saturated carbocycles. The highest BCUT2D eigenvalue weighted by Gasteiger charge is 2.36. The number of ether oxygens (including phenoxy) is 2. The topological polar surface area (TPSA) is 85.7 Å². The van der Waals surface area contributed by atoms with Gasteiger partial charge < -0.3 is 19.7 Å². The molecule has 2 aliphatic rings. The summed E-state index contributed by atoms with van der Waals surface area (Å²) < 4.78 is 12.3. The van der Waals surface area contributed by atoms with Crippen molar-refractivity contribution >= 4 is 17.6 Å². The predicted octanol–water partition coefficient (Wildman–Crippen LogP) is 1.28. The third kappa shape index (κ3) is 3.02. The van der Waals surface area contributed by atoms with Gasteiger partial charge in [-0.3, -0.25) is 14.3 Å². The van der Waals surface area contributed by atoms with Gasteiger partial charge in [0.05, 0.1) is 0 Å². The Morgan fingerprint density at radius 2 is 2.16 bits per heavy atom. The number of aryl methyl sites for hydroxylation is 1. The van der Waals surface area contributed by atoms with E-state index in [1.807, 2.05) is 18.2 Å². The molecular formula is C17H18N4O4. The van der Waals surface area contributed by atoms with E-state index in [1.165, 1.54) is 0 Å². The molecule has 8 nitrogen and oxygen atoms in total. The van der Waals surface area contributed by atoms with Gasteiger partial charge in [-0.2, -0.15) is 5.10 Å². The molecule has 1 unspecified atom stereocenters. The molecule has 130 valence electrons. The largest absolute Gasteiger partial charge is 0.454 e. The zero-order valence-electron chi connectivity index (χ0n) is 13.8. The lowest BCUT2D eigenvalue weighted by atomic mass is 10.1. The number of benzene rings is 1. The van der Waals surface area contributed by atoms with Crippen molar-refractivity contribution in [3.63, 3.8) is 0 Å². The molecule has 0 aliphatic carbocycles. The first-order valence-corrected chi connectivity index (χ1v) is 8.08. The first-order chi connectivity index (χ1) is 12.1. The summed E-state index contributed by atoms with van der Waals surface area (Å²) in [7, 11) is 1.78. The Balaban J connectivity index is 1.48. The maximum atomic E-state index is 12.6. The zero-order chi connectivity index (χ0) is 17.4. The van der Waals surface area contributed by atoms with Crippen LogP contribution in [0.2, 0.25) is 0 Å². The molecule has 0 bridgehead atoms. The van der Waals surface area contributed by atoms with Crippen molar-refractivity contribution in [2.45, 2.75) is 25.4 Å². The Morgan fingerprint density at radius 3 is 2.96 bits per heavy atom. The molecule has 8 heteroatoms. The minimum absolute atomic E-state index is 0.0289. The van der Waals surface area contributed by atoms with E-state index in [2.05, 4.69) is 10.4 Å². The van der Waals surface area contributed by atoms with Crippen LogP contribution in [0.5, 0.6) is 11.5 Å². The lowest BCUT2D eigenvalue weighted by Crippen LogP contribution is -2.41. The summed E-state index contributed by atoms with van der Waals surface area (Å²) in [5.41, 5.74) is 0.898. The average Bonchev–Trinajstić information content (AvgIpc) is 3.29. The normalized spacial score (nSPS) is 18.7. The smallest absolute Gasteiger partial charge is 0.248 e. The lowest BCUT2D eigenvalue weighted by molar-refractivity contribution is -0.133. The second kappa shape index (κ2) is 6.12. The van der Waals surface area contributed by atoms with Crippen LogP contribution < -0.4 is 14.8 Å².